The lowest BCUT2D eigenvalue weighted by Gasteiger charge is -2.32. The van der Waals surface area contributed by atoms with Crippen molar-refractivity contribution < 1.29 is 9.53 Å². The summed E-state index contributed by atoms with van der Waals surface area (Å²) < 4.78 is 6.55. The van der Waals surface area contributed by atoms with Gasteiger partial charge in [-0.25, -0.2) is 4.98 Å². The highest BCUT2D eigenvalue weighted by atomic mass is 32.2. The third kappa shape index (κ3) is 4.72. The molecule has 0 bridgehead atoms. The Kier molecular flexibility index (Phi) is 6.65. The smallest absolute Gasteiger partial charge is 0.268 e. The Balaban J connectivity index is 1.49. The summed E-state index contributed by atoms with van der Waals surface area (Å²) >= 11 is 1.88. The van der Waals surface area contributed by atoms with Crippen LogP contribution in [0.1, 0.15) is 34.3 Å². The molecule has 0 unspecified atom stereocenters. The summed E-state index contributed by atoms with van der Waals surface area (Å²) in [4.78, 5) is 33.8. The number of piperidine rings is 1. The first-order chi connectivity index (χ1) is 15.5. The summed E-state index contributed by atoms with van der Waals surface area (Å²) in [5.74, 6) is 0.277. The van der Waals surface area contributed by atoms with Crippen molar-refractivity contribution >= 4 is 17.7 Å². The molecule has 166 valence electrons. The van der Waals surface area contributed by atoms with Gasteiger partial charge < -0.3 is 9.64 Å². The van der Waals surface area contributed by atoms with Crippen LogP contribution in [0.3, 0.4) is 0 Å². The van der Waals surface area contributed by atoms with Crippen LogP contribution in [0.25, 0.3) is 5.69 Å². The van der Waals surface area contributed by atoms with Crippen LogP contribution in [0.5, 0.6) is 5.88 Å². The Morgan fingerprint density at radius 2 is 1.91 bits per heavy atom. The predicted molar refractivity (Wildman–Crippen MR) is 127 cm³/mol. The quantitative estimate of drug-likeness (QED) is 0.583. The van der Waals surface area contributed by atoms with Crippen LogP contribution in [0, 0.1) is 13.8 Å². The molecule has 1 aliphatic rings. The minimum Gasteiger partial charge on any atom is -0.481 e. The number of hydrogen-bond donors (Lipinski definition) is 0. The Hall–Kier alpha value is -3.06. The van der Waals surface area contributed by atoms with Gasteiger partial charge in [0.2, 0.25) is 5.88 Å². The molecule has 3 heterocycles. The van der Waals surface area contributed by atoms with E-state index in [4.69, 9.17) is 4.74 Å². The highest BCUT2D eigenvalue weighted by Crippen LogP contribution is 2.31. The second-order valence-corrected chi connectivity index (χ2v) is 9.41. The van der Waals surface area contributed by atoms with Crippen molar-refractivity contribution in [1.29, 1.82) is 0 Å². The summed E-state index contributed by atoms with van der Waals surface area (Å²) in [6, 6.07) is 13.8. The first kappa shape index (κ1) is 22.1. The molecule has 0 N–H and O–H groups in total. The van der Waals surface area contributed by atoms with Gasteiger partial charge in [-0.2, -0.15) is 0 Å². The van der Waals surface area contributed by atoms with Crippen LogP contribution >= 0.6 is 11.8 Å². The number of carbonyl (C=O) groups excluding carboxylic acids is 1. The van der Waals surface area contributed by atoms with E-state index < -0.39 is 0 Å². The van der Waals surface area contributed by atoms with E-state index >= 15 is 0 Å². The van der Waals surface area contributed by atoms with E-state index in [2.05, 4.69) is 36.2 Å². The number of carbonyl (C=O) groups is 1. The van der Waals surface area contributed by atoms with E-state index in [0.717, 1.165) is 12.8 Å². The number of amides is 1. The number of rotatable bonds is 5. The molecule has 2 aromatic heterocycles. The maximum atomic E-state index is 13.3. The van der Waals surface area contributed by atoms with Crippen molar-refractivity contribution in [3.8, 4) is 11.6 Å². The lowest BCUT2D eigenvalue weighted by molar-refractivity contribution is 0.0724. The zero-order chi connectivity index (χ0) is 22.7. The van der Waals surface area contributed by atoms with Crippen molar-refractivity contribution in [2.45, 2.75) is 36.8 Å². The van der Waals surface area contributed by atoms with Gasteiger partial charge in [0.25, 0.3) is 11.5 Å². The fourth-order valence-electron chi connectivity index (χ4n) is 3.94. The number of hydrogen-bond acceptors (Lipinski definition) is 5. The third-order valence-corrected chi connectivity index (χ3v) is 7.07. The number of ether oxygens (including phenoxy) is 1. The van der Waals surface area contributed by atoms with Gasteiger partial charge in [0, 0.05) is 35.5 Å². The van der Waals surface area contributed by atoms with Gasteiger partial charge in [0.15, 0.2) is 0 Å². The molecular weight excluding hydrogens is 422 g/mol. The summed E-state index contributed by atoms with van der Waals surface area (Å²) in [6.07, 6.45) is 5.07. The molecule has 32 heavy (non-hydrogen) atoms. The zero-order valence-electron chi connectivity index (χ0n) is 18.6. The molecule has 0 spiro atoms. The first-order valence-corrected chi connectivity index (χ1v) is 11.6. The zero-order valence-corrected chi connectivity index (χ0v) is 19.4. The van der Waals surface area contributed by atoms with Gasteiger partial charge in [-0.3, -0.25) is 14.2 Å². The van der Waals surface area contributed by atoms with Crippen molar-refractivity contribution in [3.05, 3.63) is 81.9 Å². The second-order valence-electron chi connectivity index (χ2n) is 8.03. The van der Waals surface area contributed by atoms with Crippen LogP contribution in [-0.4, -0.2) is 45.8 Å². The Morgan fingerprint density at radius 3 is 2.56 bits per heavy atom. The molecule has 1 saturated heterocycles. The Labute approximate surface area is 192 Å². The number of benzene rings is 1. The second kappa shape index (κ2) is 9.61. The topological polar surface area (TPSA) is 64.4 Å². The van der Waals surface area contributed by atoms with Crippen LogP contribution in [0.15, 0.2) is 64.5 Å². The standard InChI is InChI=1S/C25H27N3O3S/c1-17-5-4-6-21(15-17)32-20-10-12-27(13-11-20)24(29)23-18(2)9-14-28(25(23)30)19-7-8-22(31-3)26-16-19/h4-9,14-16,20H,10-13H2,1-3H3. The van der Waals surface area contributed by atoms with Gasteiger partial charge in [-0.15, -0.1) is 11.8 Å². The highest BCUT2D eigenvalue weighted by Gasteiger charge is 2.27. The van der Waals surface area contributed by atoms with Crippen molar-refractivity contribution in [1.82, 2.24) is 14.5 Å². The van der Waals surface area contributed by atoms with Gasteiger partial charge in [-0.1, -0.05) is 17.7 Å². The molecule has 4 rings (SSSR count). The molecule has 0 atom stereocenters. The molecule has 1 aliphatic heterocycles. The van der Waals surface area contributed by atoms with Gasteiger partial charge in [-0.05, 0) is 56.5 Å². The fraction of sp³-hybridized carbons (Fsp3) is 0.320. The van der Waals surface area contributed by atoms with E-state index in [1.54, 1.807) is 37.7 Å². The molecule has 6 nitrogen and oxygen atoms in total. The van der Waals surface area contributed by atoms with E-state index in [1.165, 1.54) is 15.0 Å². The molecule has 0 aliphatic carbocycles. The maximum Gasteiger partial charge on any atom is 0.268 e. The number of likely N-dealkylation sites (tertiary alicyclic amines) is 1. The molecular formula is C25H27N3O3S. The summed E-state index contributed by atoms with van der Waals surface area (Å²) in [5.41, 5.74) is 2.45. The first-order valence-electron chi connectivity index (χ1n) is 10.7. The number of methoxy groups -OCH3 is 1. The number of aryl methyl sites for hydroxylation is 2. The van der Waals surface area contributed by atoms with Crippen LogP contribution in [-0.2, 0) is 0 Å². The predicted octanol–water partition coefficient (Wildman–Crippen LogP) is 4.25. The van der Waals surface area contributed by atoms with E-state index in [1.807, 2.05) is 23.6 Å². The molecule has 3 aromatic rings. The summed E-state index contributed by atoms with van der Waals surface area (Å²) in [5, 5.41) is 0.472. The monoisotopic (exact) mass is 449 g/mol. The van der Waals surface area contributed by atoms with Gasteiger partial charge in [0.1, 0.15) is 5.56 Å². The average molecular weight is 450 g/mol. The lowest BCUT2D eigenvalue weighted by Crippen LogP contribution is -2.42. The number of nitrogens with zero attached hydrogens (tertiary/aromatic N) is 3. The molecule has 0 radical (unpaired) electrons. The van der Waals surface area contributed by atoms with E-state index in [9.17, 15) is 9.59 Å². The van der Waals surface area contributed by atoms with E-state index in [-0.39, 0.29) is 17.0 Å². The van der Waals surface area contributed by atoms with E-state index in [0.29, 0.717) is 35.5 Å². The number of thioether (sulfide) groups is 1. The molecule has 1 fully saturated rings. The van der Waals surface area contributed by atoms with Gasteiger partial charge >= 0.3 is 0 Å². The molecule has 0 saturated carbocycles. The van der Waals surface area contributed by atoms with Crippen LogP contribution in [0.2, 0.25) is 0 Å². The number of pyridine rings is 2. The van der Waals surface area contributed by atoms with Crippen molar-refractivity contribution in [3.63, 3.8) is 0 Å². The van der Waals surface area contributed by atoms with Gasteiger partial charge in [0.05, 0.1) is 19.0 Å². The van der Waals surface area contributed by atoms with Crippen LogP contribution < -0.4 is 10.3 Å². The molecule has 1 amide bonds. The van der Waals surface area contributed by atoms with Crippen molar-refractivity contribution in [2.75, 3.05) is 20.2 Å². The SMILES string of the molecule is COc1ccc(-n2ccc(C)c(C(=O)N3CCC(Sc4cccc(C)c4)CC3)c2=O)cn1. The average Bonchev–Trinajstić information content (AvgIpc) is 2.80. The van der Waals surface area contributed by atoms with Crippen LogP contribution in [0.4, 0.5) is 0 Å². The lowest BCUT2D eigenvalue weighted by atomic mass is 10.1. The minimum atomic E-state index is -0.321. The van der Waals surface area contributed by atoms with Crippen molar-refractivity contribution in [2.24, 2.45) is 0 Å². The fourth-order valence-corrected chi connectivity index (χ4v) is 5.18. The third-order valence-electron chi connectivity index (χ3n) is 5.74. The summed E-state index contributed by atoms with van der Waals surface area (Å²) in [6.45, 7) is 5.22. The largest absolute Gasteiger partial charge is 0.481 e. The molecule has 1 aromatic carbocycles. The Bertz CT molecular complexity index is 1170. The highest BCUT2D eigenvalue weighted by molar-refractivity contribution is 8.00. The molecule has 7 heteroatoms. The number of aromatic nitrogens is 2. The summed E-state index contributed by atoms with van der Waals surface area (Å²) in [7, 11) is 1.54. The minimum absolute atomic E-state index is 0.192. The normalized spacial score (nSPS) is 14.4. The Morgan fingerprint density at radius 1 is 1.12 bits per heavy atom. The maximum absolute atomic E-state index is 13.3.